The lowest BCUT2D eigenvalue weighted by molar-refractivity contribution is 0.677. The number of hydrogen-bond acceptors (Lipinski definition) is 4. The Morgan fingerprint density at radius 3 is 2.67 bits per heavy atom. The van der Waals surface area contributed by atoms with Crippen LogP contribution in [0.1, 0.15) is 16.7 Å². The number of nitrogens with zero attached hydrogens (tertiary/aromatic N) is 5. The van der Waals surface area contributed by atoms with Gasteiger partial charge in [0.25, 0.3) is 0 Å². The summed E-state index contributed by atoms with van der Waals surface area (Å²) in [5.41, 5.74) is 4.57. The molecule has 0 fully saturated rings. The molecule has 0 unspecified atom stereocenters. The zero-order valence-corrected chi connectivity index (χ0v) is 16.8. The van der Waals surface area contributed by atoms with Gasteiger partial charge in [0.1, 0.15) is 6.33 Å². The quantitative estimate of drug-likeness (QED) is 0.327. The van der Waals surface area contributed by atoms with Gasteiger partial charge >= 0.3 is 0 Å². The van der Waals surface area contributed by atoms with E-state index in [4.69, 9.17) is 0 Å². The molecule has 3 N–H and O–H groups in total. The van der Waals surface area contributed by atoms with Crippen molar-refractivity contribution in [1.29, 1.82) is 0 Å². The number of aromatic amines is 1. The maximum atomic E-state index is 4.34. The van der Waals surface area contributed by atoms with Gasteiger partial charge in [-0.05, 0) is 28.8 Å². The van der Waals surface area contributed by atoms with Crippen molar-refractivity contribution in [3.8, 4) is 11.4 Å². The number of hydrogen-bond donors (Lipinski definition) is 3. The summed E-state index contributed by atoms with van der Waals surface area (Å²) < 4.78 is 1.92. The van der Waals surface area contributed by atoms with Crippen molar-refractivity contribution < 1.29 is 0 Å². The minimum absolute atomic E-state index is 0.649. The van der Waals surface area contributed by atoms with E-state index in [1.54, 1.807) is 13.2 Å². The molecule has 0 spiro atoms. The van der Waals surface area contributed by atoms with Crippen LogP contribution in [0.25, 0.3) is 11.4 Å². The van der Waals surface area contributed by atoms with E-state index in [1.807, 2.05) is 29.1 Å². The van der Waals surface area contributed by atoms with Gasteiger partial charge in [0.2, 0.25) is 0 Å². The van der Waals surface area contributed by atoms with Crippen LogP contribution in [0.4, 0.5) is 0 Å². The average molecular weight is 400 g/mol. The van der Waals surface area contributed by atoms with Crippen LogP contribution in [-0.2, 0) is 19.6 Å². The van der Waals surface area contributed by atoms with Gasteiger partial charge in [0.05, 0.1) is 6.54 Å². The van der Waals surface area contributed by atoms with Crippen LogP contribution < -0.4 is 10.6 Å². The molecule has 0 aliphatic rings. The molecule has 8 heteroatoms. The highest BCUT2D eigenvalue weighted by molar-refractivity contribution is 5.79. The van der Waals surface area contributed by atoms with E-state index in [0.717, 1.165) is 29.5 Å². The third kappa shape index (κ3) is 4.91. The molecule has 0 amide bonds. The third-order valence-corrected chi connectivity index (χ3v) is 4.76. The molecule has 0 aliphatic carbocycles. The molecule has 30 heavy (non-hydrogen) atoms. The van der Waals surface area contributed by atoms with Gasteiger partial charge < -0.3 is 10.6 Å². The lowest BCUT2D eigenvalue weighted by Gasteiger charge is -2.15. The van der Waals surface area contributed by atoms with Crippen molar-refractivity contribution in [2.75, 3.05) is 7.05 Å². The molecule has 2 aromatic heterocycles. The fourth-order valence-corrected chi connectivity index (χ4v) is 3.21. The molecule has 152 valence electrons. The second-order valence-electron chi connectivity index (χ2n) is 6.79. The highest BCUT2D eigenvalue weighted by atomic mass is 15.3. The van der Waals surface area contributed by atoms with Gasteiger partial charge in [0.15, 0.2) is 11.8 Å². The van der Waals surface area contributed by atoms with Crippen LogP contribution in [0.3, 0.4) is 0 Å². The molecular formula is C22H24N8. The van der Waals surface area contributed by atoms with Crippen LogP contribution >= 0.6 is 0 Å². The molecule has 0 bridgehead atoms. The summed E-state index contributed by atoms with van der Waals surface area (Å²) in [5, 5.41) is 17.9. The Morgan fingerprint density at radius 2 is 1.90 bits per heavy atom. The molecule has 2 heterocycles. The summed E-state index contributed by atoms with van der Waals surface area (Å²) in [6, 6.07) is 18.5. The summed E-state index contributed by atoms with van der Waals surface area (Å²) in [5.74, 6) is 1.50. The Bertz CT molecular complexity index is 1080. The SMILES string of the molecule is CN=C(NCc1cccc(-c2ncn[nH]2)c1)NCc1ccccc1Cn1cccn1. The number of nitrogens with one attached hydrogen (secondary N) is 3. The summed E-state index contributed by atoms with van der Waals surface area (Å²) in [6.45, 7) is 2.07. The average Bonchev–Trinajstić information content (AvgIpc) is 3.50. The maximum Gasteiger partial charge on any atom is 0.191 e. The van der Waals surface area contributed by atoms with Crippen LogP contribution in [0.15, 0.2) is 78.3 Å². The molecule has 0 saturated heterocycles. The predicted octanol–water partition coefficient (Wildman–Crippen LogP) is 2.58. The van der Waals surface area contributed by atoms with E-state index < -0.39 is 0 Å². The molecular weight excluding hydrogens is 376 g/mol. The Hall–Kier alpha value is -3.94. The number of H-pyrrole nitrogens is 1. The minimum Gasteiger partial charge on any atom is -0.352 e. The maximum absolute atomic E-state index is 4.34. The predicted molar refractivity (Wildman–Crippen MR) is 117 cm³/mol. The van der Waals surface area contributed by atoms with Gasteiger partial charge in [-0.15, -0.1) is 0 Å². The zero-order valence-electron chi connectivity index (χ0n) is 16.8. The van der Waals surface area contributed by atoms with Gasteiger partial charge in [-0.1, -0.05) is 42.5 Å². The van der Waals surface area contributed by atoms with Gasteiger partial charge in [0, 0.05) is 38.1 Å². The second kappa shape index (κ2) is 9.51. The van der Waals surface area contributed by atoms with E-state index in [1.165, 1.54) is 17.5 Å². The fraction of sp³-hybridized carbons (Fsp3) is 0.182. The summed E-state index contributed by atoms with van der Waals surface area (Å²) >= 11 is 0. The smallest absolute Gasteiger partial charge is 0.191 e. The minimum atomic E-state index is 0.649. The van der Waals surface area contributed by atoms with Crippen molar-refractivity contribution in [1.82, 2.24) is 35.6 Å². The summed E-state index contributed by atoms with van der Waals surface area (Å²) in [6.07, 6.45) is 5.28. The number of aliphatic imine (C=N–C) groups is 1. The highest BCUT2D eigenvalue weighted by Crippen LogP contribution is 2.15. The zero-order chi connectivity index (χ0) is 20.6. The first-order valence-corrected chi connectivity index (χ1v) is 9.75. The lowest BCUT2D eigenvalue weighted by Crippen LogP contribution is -2.36. The molecule has 8 nitrogen and oxygen atoms in total. The first-order chi connectivity index (χ1) is 14.8. The van der Waals surface area contributed by atoms with Crippen molar-refractivity contribution in [2.24, 2.45) is 4.99 Å². The Kier molecular flexibility index (Phi) is 6.14. The van der Waals surface area contributed by atoms with Gasteiger partial charge in [-0.25, -0.2) is 4.98 Å². The monoisotopic (exact) mass is 400 g/mol. The number of guanidine groups is 1. The van der Waals surface area contributed by atoms with Crippen LogP contribution in [-0.4, -0.2) is 38.0 Å². The van der Waals surface area contributed by atoms with Crippen molar-refractivity contribution in [3.63, 3.8) is 0 Å². The molecule has 4 aromatic rings. The Morgan fingerprint density at radius 1 is 1.03 bits per heavy atom. The van der Waals surface area contributed by atoms with E-state index in [0.29, 0.717) is 13.1 Å². The third-order valence-electron chi connectivity index (χ3n) is 4.76. The van der Waals surface area contributed by atoms with E-state index in [2.05, 4.69) is 72.3 Å². The fourth-order valence-electron chi connectivity index (χ4n) is 3.21. The molecule has 0 atom stereocenters. The summed E-state index contributed by atoms with van der Waals surface area (Å²) in [7, 11) is 1.77. The number of aromatic nitrogens is 5. The largest absolute Gasteiger partial charge is 0.352 e. The molecule has 0 saturated carbocycles. The molecule has 0 aliphatic heterocycles. The molecule has 4 rings (SSSR count). The van der Waals surface area contributed by atoms with E-state index in [9.17, 15) is 0 Å². The normalized spacial score (nSPS) is 11.4. The highest BCUT2D eigenvalue weighted by Gasteiger charge is 2.06. The van der Waals surface area contributed by atoms with Crippen molar-refractivity contribution in [3.05, 3.63) is 90.0 Å². The van der Waals surface area contributed by atoms with Crippen LogP contribution in [0, 0.1) is 0 Å². The Balaban J connectivity index is 1.36. The van der Waals surface area contributed by atoms with Crippen molar-refractivity contribution in [2.45, 2.75) is 19.6 Å². The van der Waals surface area contributed by atoms with Crippen LogP contribution in [0.2, 0.25) is 0 Å². The first-order valence-electron chi connectivity index (χ1n) is 9.75. The number of rotatable bonds is 7. The van der Waals surface area contributed by atoms with Crippen molar-refractivity contribution >= 4 is 5.96 Å². The van der Waals surface area contributed by atoms with Gasteiger partial charge in [-0.3, -0.25) is 14.8 Å². The standard InChI is InChI=1S/C22H24N8/c1-23-22(24-13-17-6-4-9-18(12-17)21-26-16-27-29-21)25-14-19-7-2-3-8-20(19)15-30-11-5-10-28-30/h2-12,16H,13-15H2,1H3,(H2,23,24,25)(H,26,27,29). The first kappa shape index (κ1) is 19.4. The molecule has 2 aromatic carbocycles. The van der Waals surface area contributed by atoms with E-state index in [-0.39, 0.29) is 0 Å². The summed E-state index contributed by atoms with van der Waals surface area (Å²) in [4.78, 5) is 8.55. The Labute approximate surface area is 175 Å². The van der Waals surface area contributed by atoms with Crippen LogP contribution in [0.5, 0.6) is 0 Å². The topological polar surface area (TPSA) is 95.8 Å². The lowest BCUT2D eigenvalue weighted by atomic mass is 10.1. The molecule has 0 radical (unpaired) electrons. The number of benzene rings is 2. The van der Waals surface area contributed by atoms with Gasteiger partial charge in [-0.2, -0.15) is 10.2 Å². The second-order valence-corrected chi connectivity index (χ2v) is 6.79. The van der Waals surface area contributed by atoms with E-state index >= 15 is 0 Å².